The number of nitrogens with one attached hydrogen (secondary N) is 2. The number of rotatable bonds is 4. The number of benzene rings is 1. The second-order valence-corrected chi connectivity index (χ2v) is 9.63. The van der Waals surface area contributed by atoms with Crippen LogP contribution in [0.15, 0.2) is 18.2 Å². The second-order valence-electron chi connectivity index (χ2n) is 7.49. The van der Waals surface area contributed by atoms with Crippen molar-refractivity contribution < 1.29 is 17.6 Å². The molecule has 2 amide bonds. The number of carbonyl (C=O) groups excluding carboxylic acids is 1. The van der Waals surface area contributed by atoms with Gasteiger partial charge in [-0.05, 0) is 55.1 Å². The van der Waals surface area contributed by atoms with Gasteiger partial charge in [0.15, 0.2) is 9.84 Å². The maximum absolute atomic E-state index is 14.0. The van der Waals surface area contributed by atoms with Gasteiger partial charge in [-0.2, -0.15) is 0 Å². The summed E-state index contributed by atoms with van der Waals surface area (Å²) >= 11 is 0. The van der Waals surface area contributed by atoms with Gasteiger partial charge in [-0.1, -0.05) is 6.07 Å². The van der Waals surface area contributed by atoms with Gasteiger partial charge in [0.25, 0.3) is 0 Å². The fraction of sp³-hybridized carbons (Fsp3) is 0.588. The van der Waals surface area contributed by atoms with E-state index < -0.39 is 15.7 Å². The first-order chi connectivity index (χ1) is 11.3. The van der Waals surface area contributed by atoms with E-state index in [4.69, 9.17) is 0 Å². The van der Waals surface area contributed by atoms with Gasteiger partial charge < -0.3 is 10.6 Å². The third kappa shape index (κ3) is 2.90. The molecule has 0 spiro atoms. The van der Waals surface area contributed by atoms with Crippen LogP contribution < -0.4 is 10.6 Å². The van der Waals surface area contributed by atoms with Crippen LogP contribution in [0.2, 0.25) is 0 Å². The van der Waals surface area contributed by atoms with E-state index >= 15 is 0 Å². The van der Waals surface area contributed by atoms with Gasteiger partial charge in [-0.25, -0.2) is 17.6 Å². The SMILES string of the molecule is CS(=O)(=O)Cc1ccc(NC(=O)NC2C3C4CCC(C4)C23)cc1F. The predicted octanol–water partition coefficient (Wildman–Crippen LogP) is 2.54. The van der Waals surface area contributed by atoms with Crippen molar-refractivity contribution in [1.29, 1.82) is 0 Å². The van der Waals surface area contributed by atoms with Crippen molar-refractivity contribution in [3.05, 3.63) is 29.6 Å². The summed E-state index contributed by atoms with van der Waals surface area (Å²) < 4.78 is 36.5. The molecule has 5 nitrogen and oxygen atoms in total. The maximum atomic E-state index is 14.0. The Labute approximate surface area is 140 Å². The van der Waals surface area contributed by atoms with Crippen molar-refractivity contribution in [3.63, 3.8) is 0 Å². The Morgan fingerprint density at radius 2 is 1.92 bits per heavy atom. The van der Waals surface area contributed by atoms with Crippen molar-refractivity contribution in [2.24, 2.45) is 23.7 Å². The molecule has 3 aliphatic rings. The van der Waals surface area contributed by atoms with Crippen molar-refractivity contribution in [3.8, 4) is 0 Å². The number of hydrogen-bond acceptors (Lipinski definition) is 3. The molecule has 7 heteroatoms. The summed E-state index contributed by atoms with van der Waals surface area (Å²) in [6, 6.07) is 4.05. The molecule has 4 rings (SSSR count). The molecule has 24 heavy (non-hydrogen) atoms. The second kappa shape index (κ2) is 5.44. The summed E-state index contributed by atoms with van der Waals surface area (Å²) in [6.07, 6.45) is 4.96. The molecule has 3 saturated carbocycles. The molecule has 0 aromatic heterocycles. The van der Waals surface area contributed by atoms with Crippen LogP contribution in [0.5, 0.6) is 0 Å². The molecule has 3 fully saturated rings. The number of carbonyl (C=O) groups is 1. The lowest BCUT2D eigenvalue weighted by molar-refractivity contribution is 0.249. The molecule has 2 N–H and O–H groups in total. The van der Waals surface area contributed by atoms with E-state index in [0.29, 0.717) is 17.5 Å². The van der Waals surface area contributed by atoms with Crippen LogP contribution in [0.1, 0.15) is 24.8 Å². The largest absolute Gasteiger partial charge is 0.335 e. The van der Waals surface area contributed by atoms with Crippen molar-refractivity contribution in [2.75, 3.05) is 11.6 Å². The molecule has 0 radical (unpaired) electrons. The molecule has 2 bridgehead atoms. The molecular formula is C17H21FN2O3S. The number of hydrogen-bond donors (Lipinski definition) is 2. The van der Waals surface area contributed by atoms with Gasteiger partial charge in [0.2, 0.25) is 0 Å². The minimum Gasteiger partial charge on any atom is -0.335 e. The molecule has 0 aliphatic heterocycles. The monoisotopic (exact) mass is 352 g/mol. The molecule has 1 aromatic rings. The highest BCUT2D eigenvalue weighted by atomic mass is 32.2. The highest BCUT2D eigenvalue weighted by Crippen LogP contribution is 2.65. The molecule has 0 saturated heterocycles. The average molecular weight is 352 g/mol. The van der Waals surface area contributed by atoms with Crippen LogP contribution in [0.25, 0.3) is 0 Å². The normalized spacial score (nSPS) is 33.2. The van der Waals surface area contributed by atoms with E-state index in [9.17, 15) is 17.6 Å². The number of urea groups is 1. The van der Waals surface area contributed by atoms with Crippen molar-refractivity contribution in [2.45, 2.75) is 31.1 Å². The van der Waals surface area contributed by atoms with Gasteiger partial charge in [-0.15, -0.1) is 0 Å². The van der Waals surface area contributed by atoms with Crippen LogP contribution >= 0.6 is 0 Å². The highest BCUT2D eigenvalue weighted by Gasteiger charge is 2.65. The van der Waals surface area contributed by atoms with E-state index in [1.807, 2.05) is 0 Å². The predicted molar refractivity (Wildman–Crippen MR) is 88.7 cm³/mol. The summed E-state index contributed by atoms with van der Waals surface area (Å²) in [6.45, 7) is 0. The Morgan fingerprint density at radius 3 is 2.50 bits per heavy atom. The van der Waals surface area contributed by atoms with Crippen LogP contribution in [-0.4, -0.2) is 26.7 Å². The van der Waals surface area contributed by atoms with Crippen LogP contribution in [-0.2, 0) is 15.6 Å². The lowest BCUT2D eigenvalue weighted by Gasteiger charge is -2.12. The lowest BCUT2D eigenvalue weighted by atomic mass is 10.0. The van der Waals surface area contributed by atoms with Gasteiger partial charge in [-0.3, -0.25) is 0 Å². The number of anilines is 1. The first-order valence-electron chi connectivity index (χ1n) is 8.35. The summed E-state index contributed by atoms with van der Waals surface area (Å²) in [5.41, 5.74) is 0.438. The highest BCUT2D eigenvalue weighted by molar-refractivity contribution is 7.89. The summed E-state index contributed by atoms with van der Waals surface area (Å²) in [5.74, 6) is 1.86. The number of fused-ring (bicyclic) bond motifs is 5. The minimum atomic E-state index is -3.30. The van der Waals surface area contributed by atoms with E-state index in [1.165, 1.54) is 31.4 Å². The number of sulfone groups is 1. The number of halogens is 1. The maximum Gasteiger partial charge on any atom is 0.319 e. The molecule has 130 valence electrons. The first kappa shape index (κ1) is 15.9. The average Bonchev–Trinajstić information content (AvgIpc) is 2.88. The van der Waals surface area contributed by atoms with Crippen molar-refractivity contribution in [1.82, 2.24) is 5.32 Å². The zero-order chi connectivity index (χ0) is 17.1. The summed E-state index contributed by atoms with van der Waals surface area (Å²) in [4.78, 5) is 12.1. The molecule has 3 aliphatic carbocycles. The van der Waals surface area contributed by atoms with E-state index in [1.54, 1.807) is 0 Å². The summed E-state index contributed by atoms with van der Waals surface area (Å²) in [5, 5.41) is 5.65. The lowest BCUT2D eigenvalue weighted by Crippen LogP contribution is -2.33. The standard InChI is InChI=1S/C17H21FN2O3S/c1-24(22,23)8-11-4-5-12(7-13(11)18)19-17(21)20-16-14-9-2-3-10(6-9)15(14)16/h4-5,7,9-10,14-16H,2-3,6,8H2,1H3,(H2,19,20,21). The molecular weight excluding hydrogens is 331 g/mol. The zero-order valence-electron chi connectivity index (χ0n) is 13.5. The Morgan fingerprint density at radius 1 is 1.25 bits per heavy atom. The first-order valence-corrected chi connectivity index (χ1v) is 10.4. The fourth-order valence-corrected chi connectivity index (χ4v) is 5.66. The van der Waals surface area contributed by atoms with Gasteiger partial charge in [0, 0.05) is 23.5 Å². The third-order valence-corrected chi connectivity index (χ3v) is 6.60. The van der Waals surface area contributed by atoms with Gasteiger partial charge in [0.1, 0.15) is 5.82 Å². The Hall–Kier alpha value is -1.63. The third-order valence-electron chi connectivity index (χ3n) is 5.76. The van der Waals surface area contributed by atoms with E-state index in [2.05, 4.69) is 10.6 Å². The quantitative estimate of drug-likeness (QED) is 0.874. The van der Waals surface area contributed by atoms with Crippen molar-refractivity contribution >= 4 is 21.6 Å². The molecule has 1 aromatic carbocycles. The van der Waals surface area contributed by atoms with Gasteiger partial charge in [0.05, 0.1) is 5.75 Å². The van der Waals surface area contributed by atoms with Gasteiger partial charge >= 0.3 is 6.03 Å². The Balaban J connectivity index is 1.36. The fourth-order valence-electron chi connectivity index (χ4n) is 4.86. The Bertz CT molecular complexity index is 779. The smallest absolute Gasteiger partial charge is 0.319 e. The van der Waals surface area contributed by atoms with E-state index in [0.717, 1.165) is 24.2 Å². The molecule has 4 unspecified atom stereocenters. The minimum absolute atomic E-state index is 0.108. The summed E-state index contributed by atoms with van der Waals surface area (Å²) in [7, 11) is -3.30. The number of amides is 2. The molecule has 4 atom stereocenters. The van der Waals surface area contributed by atoms with E-state index in [-0.39, 0.29) is 23.4 Å². The Kier molecular flexibility index (Phi) is 3.60. The zero-order valence-corrected chi connectivity index (χ0v) is 14.3. The van der Waals surface area contributed by atoms with Crippen LogP contribution in [0.3, 0.4) is 0 Å². The van der Waals surface area contributed by atoms with Crippen LogP contribution in [0, 0.1) is 29.5 Å². The topological polar surface area (TPSA) is 75.3 Å². The molecule has 0 heterocycles. The van der Waals surface area contributed by atoms with Crippen LogP contribution in [0.4, 0.5) is 14.9 Å².